The van der Waals surface area contributed by atoms with Crippen molar-refractivity contribution in [2.75, 3.05) is 18.5 Å². The van der Waals surface area contributed by atoms with E-state index >= 15 is 0 Å². The summed E-state index contributed by atoms with van der Waals surface area (Å²) < 4.78 is 0. The number of hydrogen-bond acceptors (Lipinski definition) is 3. The number of aliphatic hydroxyl groups excluding tert-OH is 2. The van der Waals surface area contributed by atoms with E-state index in [1.165, 1.54) is 5.56 Å². The molecule has 0 saturated heterocycles. The molecule has 1 rings (SSSR count). The molecule has 1 aromatic carbocycles. The maximum Gasteiger partial charge on any atom is 0.0723 e. The predicted molar refractivity (Wildman–Crippen MR) is 66.7 cm³/mol. The normalized spacial score (nSPS) is 11.9. The van der Waals surface area contributed by atoms with Gasteiger partial charge in [0, 0.05) is 5.69 Å². The number of rotatable bonds is 4. The van der Waals surface area contributed by atoms with Crippen molar-refractivity contribution in [2.45, 2.75) is 32.2 Å². The maximum atomic E-state index is 8.95. The third kappa shape index (κ3) is 3.51. The Morgan fingerprint density at radius 2 is 1.56 bits per heavy atom. The molecule has 0 fully saturated rings. The molecule has 0 saturated carbocycles. The average Bonchev–Trinajstić information content (AvgIpc) is 2.25. The van der Waals surface area contributed by atoms with Crippen molar-refractivity contribution in [1.82, 2.24) is 0 Å². The van der Waals surface area contributed by atoms with Crippen LogP contribution in [-0.2, 0) is 5.41 Å². The average molecular weight is 223 g/mol. The second kappa shape index (κ2) is 5.32. The van der Waals surface area contributed by atoms with Crippen molar-refractivity contribution in [3.63, 3.8) is 0 Å². The molecule has 1 aromatic rings. The van der Waals surface area contributed by atoms with Gasteiger partial charge in [-0.25, -0.2) is 0 Å². The summed E-state index contributed by atoms with van der Waals surface area (Å²) in [6, 6.07) is 7.78. The quantitative estimate of drug-likeness (QED) is 0.729. The summed E-state index contributed by atoms with van der Waals surface area (Å²) in [6.45, 7) is 6.36. The van der Waals surface area contributed by atoms with Crippen LogP contribution in [0.1, 0.15) is 26.3 Å². The van der Waals surface area contributed by atoms with E-state index in [4.69, 9.17) is 10.2 Å². The lowest BCUT2D eigenvalue weighted by Gasteiger charge is -2.20. The zero-order valence-corrected chi connectivity index (χ0v) is 10.2. The van der Waals surface area contributed by atoms with Crippen molar-refractivity contribution in [3.05, 3.63) is 29.8 Å². The molecule has 0 bridgehead atoms. The summed E-state index contributed by atoms with van der Waals surface area (Å²) in [5, 5.41) is 21.0. The lowest BCUT2D eigenvalue weighted by molar-refractivity contribution is 0.204. The van der Waals surface area contributed by atoms with Gasteiger partial charge in [0.15, 0.2) is 0 Å². The second-order valence-electron chi connectivity index (χ2n) is 5.03. The number of benzene rings is 1. The van der Waals surface area contributed by atoms with Gasteiger partial charge in [-0.3, -0.25) is 0 Å². The Balaban J connectivity index is 2.72. The van der Waals surface area contributed by atoms with Gasteiger partial charge in [0.05, 0.1) is 19.3 Å². The Kier molecular flexibility index (Phi) is 4.33. The number of anilines is 1. The van der Waals surface area contributed by atoms with Gasteiger partial charge in [-0.1, -0.05) is 32.9 Å². The second-order valence-corrected chi connectivity index (χ2v) is 5.03. The first-order valence-electron chi connectivity index (χ1n) is 5.56. The van der Waals surface area contributed by atoms with E-state index in [9.17, 15) is 0 Å². The summed E-state index contributed by atoms with van der Waals surface area (Å²) in [4.78, 5) is 0. The van der Waals surface area contributed by atoms with Crippen LogP contribution in [0.15, 0.2) is 24.3 Å². The molecule has 3 heteroatoms. The van der Waals surface area contributed by atoms with E-state index in [-0.39, 0.29) is 24.7 Å². The van der Waals surface area contributed by atoms with Gasteiger partial charge in [0.25, 0.3) is 0 Å². The zero-order valence-electron chi connectivity index (χ0n) is 10.2. The van der Waals surface area contributed by atoms with Crippen molar-refractivity contribution in [1.29, 1.82) is 0 Å². The summed E-state index contributed by atoms with van der Waals surface area (Å²) in [6.07, 6.45) is 0. The Morgan fingerprint density at radius 1 is 1.06 bits per heavy atom. The van der Waals surface area contributed by atoms with Crippen LogP contribution in [0.3, 0.4) is 0 Å². The van der Waals surface area contributed by atoms with Crippen LogP contribution in [0.25, 0.3) is 0 Å². The van der Waals surface area contributed by atoms with Crippen LogP contribution in [0.2, 0.25) is 0 Å². The first-order valence-corrected chi connectivity index (χ1v) is 5.56. The lowest BCUT2D eigenvalue weighted by atomic mass is 9.87. The van der Waals surface area contributed by atoms with Gasteiger partial charge in [-0.05, 0) is 23.1 Å². The van der Waals surface area contributed by atoms with Crippen molar-refractivity contribution >= 4 is 5.69 Å². The molecule has 0 atom stereocenters. The molecule has 0 heterocycles. The number of hydrogen-bond donors (Lipinski definition) is 3. The van der Waals surface area contributed by atoms with E-state index in [1.807, 2.05) is 12.1 Å². The van der Waals surface area contributed by atoms with Crippen molar-refractivity contribution in [2.24, 2.45) is 0 Å². The molecule has 90 valence electrons. The summed E-state index contributed by atoms with van der Waals surface area (Å²) in [5.41, 5.74) is 2.33. The summed E-state index contributed by atoms with van der Waals surface area (Å²) in [5.74, 6) is 0. The SMILES string of the molecule is CC(C)(C)c1ccc(NC(CO)CO)cc1. The van der Waals surface area contributed by atoms with Gasteiger partial charge >= 0.3 is 0 Å². The van der Waals surface area contributed by atoms with Crippen LogP contribution < -0.4 is 5.32 Å². The molecular weight excluding hydrogens is 202 g/mol. The molecule has 0 radical (unpaired) electrons. The highest BCUT2D eigenvalue weighted by Gasteiger charge is 2.13. The highest BCUT2D eigenvalue weighted by atomic mass is 16.3. The van der Waals surface area contributed by atoms with Crippen LogP contribution >= 0.6 is 0 Å². The minimum atomic E-state index is -0.291. The minimum Gasteiger partial charge on any atom is -0.394 e. The molecule has 3 nitrogen and oxygen atoms in total. The molecule has 0 aromatic heterocycles. The smallest absolute Gasteiger partial charge is 0.0723 e. The largest absolute Gasteiger partial charge is 0.394 e. The van der Waals surface area contributed by atoms with Crippen LogP contribution in [0.5, 0.6) is 0 Å². The van der Waals surface area contributed by atoms with Gasteiger partial charge in [0.1, 0.15) is 0 Å². The number of nitrogens with one attached hydrogen (secondary N) is 1. The van der Waals surface area contributed by atoms with Gasteiger partial charge in [0.2, 0.25) is 0 Å². The minimum absolute atomic E-state index is 0.0719. The molecular formula is C13H21NO2. The monoisotopic (exact) mass is 223 g/mol. The standard InChI is InChI=1S/C13H21NO2/c1-13(2,3)10-4-6-11(7-5-10)14-12(8-15)9-16/h4-7,12,14-16H,8-9H2,1-3H3. The first-order chi connectivity index (χ1) is 7.47. The molecule has 0 amide bonds. The molecule has 0 aliphatic rings. The Hall–Kier alpha value is -1.06. The highest BCUT2D eigenvalue weighted by molar-refractivity contribution is 5.46. The number of aliphatic hydroxyl groups is 2. The molecule has 0 unspecified atom stereocenters. The van der Waals surface area contributed by atoms with E-state index in [2.05, 4.69) is 38.2 Å². The topological polar surface area (TPSA) is 52.5 Å². The first kappa shape index (κ1) is 13.0. The van der Waals surface area contributed by atoms with E-state index < -0.39 is 0 Å². The molecule has 16 heavy (non-hydrogen) atoms. The Morgan fingerprint density at radius 3 is 1.94 bits per heavy atom. The van der Waals surface area contributed by atoms with E-state index in [1.54, 1.807) is 0 Å². The molecule has 3 N–H and O–H groups in total. The fourth-order valence-corrected chi connectivity index (χ4v) is 1.45. The molecule has 0 aliphatic heterocycles. The third-order valence-corrected chi connectivity index (χ3v) is 2.56. The van der Waals surface area contributed by atoms with Gasteiger partial charge < -0.3 is 15.5 Å². The zero-order chi connectivity index (χ0) is 12.2. The molecule has 0 spiro atoms. The Bertz CT molecular complexity index is 310. The maximum absolute atomic E-state index is 8.95. The van der Waals surface area contributed by atoms with Gasteiger partial charge in [-0.2, -0.15) is 0 Å². The van der Waals surface area contributed by atoms with Crippen molar-refractivity contribution < 1.29 is 10.2 Å². The van der Waals surface area contributed by atoms with E-state index in [0.29, 0.717) is 0 Å². The Labute approximate surface area is 97.1 Å². The van der Waals surface area contributed by atoms with Crippen molar-refractivity contribution in [3.8, 4) is 0 Å². The van der Waals surface area contributed by atoms with E-state index in [0.717, 1.165) is 5.69 Å². The van der Waals surface area contributed by atoms with Gasteiger partial charge in [-0.15, -0.1) is 0 Å². The summed E-state index contributed by atoms with van der Waals surface area (Å²) in [7, 11) is 0. The third-order valence-electron chi connectivity index (χ3n) is 2.56. The lowest BCUT2D eigenvalue weighted by Crippen LogP contribution is -2.27. The van der Waals surface area contributed by atoms with Crippen LogP contribution in [-0.4, -0.2) is 29.5 Å². The summed E-state index contributed by atoms with van der Waals surface area (Å²) >= 11 is 0. The fraction of sp³-hybridized carbons (Fsp3) is 0.538. The van der Waals surface area contributed by atoms with Crippen LogP contribution in [0.4, 0.5) is 5.69 Å². The predicted octanol–water partition coefficient (Wildman–Crippen LogP) is 1.75. The van der Waals surface area contributed by atoms with Crippen LogP contribution in [0, 0.1) is 0 Å². The molecule has 0 aliphatic carbocycles. The fourth-order valence-electron chi connectivity index (χ4n) is 1.45. The highest BCUT2D eigenvalue weighted by Crippen LogP contribution is 2.23.